The molecule has 2 aromatic heterocycles. The van der Waals surface area contributed by atoms with Gasteiger partial charge in [0.2, 0.25) is 0 Å². The molecule has 0 spiro atoms. The zero-order valence-electron chi connectivity index (χ0n) is 15.7. The molecule has 1 atom stereocenters. The van der Waals surface area contributed by atoms with E-state index in [1.54, 1.807) is 24.9 Å². The number of aromatic nitrogens is 4. The molecule has 0 aliphatic heterocycles. The first kappa shape index (κ1) is 17.5. The second-order valence-corrected chi connectivity index (χ2v) is 6.77. The molecule has 1 aliphatic carbocycles. The lowest BCUT2D eigenvalue weighted by atomic mass is 9.82. The van der Waals surface area contributed by atoms with Gasteiger partial charge in [-0.1, -0.05) is 13.0 Å². The molecule has 0 N–H and O–H groups in total. The van der Waals surface area contributed by atoms with Gasteiger partial charge < -0.3 is 9.47 Å². The van der Waals surface area contributed by atoms with Gasteiger partial charge in [0.25, 0.3) is 5.78 Å². The van der Waals surface area contributed by atoms with Gasteiger partial charge in [-0.15, -0.1) is 5.10 Å². The minimum Gasteiger partial charge on any atom is -0.493 e. The lowest BCUT2D eigenvalue weighted by Crippen LogP contribution is -2.21. The van der Waals surface area contributed by atoms with Crippen molar-refractivity contribution in [2.24, 2.45) is 0 Å². The van der Waals surface area contributed by atoms with Crippen molar-refractivity contribution in [3.05, 3.63) is 47.0 Å². The third-order valence-corrected chi connectivity index (χ3v) is 4.98. The fraction of sp³-hybridized carbons (Fsp3) is 0.400. The summed E-state index contributed by atoms with van der Waals surface area (Å²) in [6.07, 6.45) is 4.67. The first-order chi connectivity index (χ1) is 13.1. The molecule has 0 saturated heterocycles. The standard InChI is InChI=1S/C20H22N4O3/c1-4-5-19-22-20-21-15-8-13(9-16(25)14(15)11-24(20)23-19)12-6-7-17(26-2)18(10-12)27-3/h6-7,10-11,13H,4-5,8-9H2,1-3H3/t13-/m0/s1. The van der Waals surface area contributed by atoms with E-state index < -0.39 is 0 Å². The van der Waals surface area contributed by atoms with Crippen LogP contribution in [0, 0.1) is 0 Å². The van der Waals surface area contributed by atoms with Gasteiger partial charge in [0.1, 0.15) is 0 Å². The minimum absolute atomic E-state index is 0.0535. The van der Waals surface area contributed by atoms with Crippen LogP contribution in [0.1, 0.15) is 53.1 Å². The summed E-state index contributed by atoms with van der Waals surface area (Å²) in [6, 6.07) is 5.80. The summed E-state index contributed by atoms with van der Waals surface area (Å²) >= 11 is 0. The average molecular weight is 366 g/mol. The van der Waals surface area contributed by atoms with E-state index in [9.17, 15) is 4.79 Å². The van der Waals surface area contributed by atoms with E-state index in [-0.39, 0.29) is 11.7 Å². The zero-order chi connectivity index (χ0) is 19.0. The monoisotopic (exact) mass is 366 g/mol. The van der Waals surface area contributed by atoms with Crippen molar-refractivity contribution >= 4 is 11.6 Å². The minimum atomic E-state index is 0.0535. The van der Waals surface area contributed by atoms with Crippen molar-refractivity contribution in [2.75, 3.05) is 14.2 Å². The third-order valence-electron chi connectivity index (χ3n) is 4.98. The van der Waals surface area contributed by atoms with E-state index in [4.69, 9.17) is 9.47 Å². The molecule has 0 amide bonds. The predicted octanol–water partition coefficient (Wildman–Crippen LogP) is 3.01. The number of benzene rings is 1. The van der Waals surface area contributed by atoms with Crippen LogP contribution in [0.5, 0.6) is 11.5 Å². The van der Waals surface area contributed by atoms with Crippen LogP contribution in [0.3, 0.4) is 0 Å². The van der Waals surface area contributed by atoms with Crippen LogP contribution in [-0.4, -0.2) is 39.6 Å². The first-order valence-corrected chi connectivity index (χ1v) is 9.13. The highest BCUT2D eigenvalue weighted by molar-refractivity contribution is 5.98. The van der Waals surface area contributed by atoms with Crippen LogP contribution >= 0.6 is 0 Å². The second-order valence-electron chi connectivity index (χ2n) is 6.77. The van der Waals surface area contributed by atoms with E-state index in [2.05, 4.69) is 22.0 Å². The number of nitrogens with zero attached hydrogens (tertiary/aromatic N) is 4. The molecule has 140 valence electrons. The Kier molecular flexibility index (Phi) is 4.51. The molecule has 7 nitrogen and oxygen atoms in total. The Morgan fingerprint density at radius 2 is 1.96 bits per heavy atom. The fourth-order valence-electron chi connectivity index (χ4n) is 3.60. The van der Waals surface area contributed by atoms with Crippen molar-refractivity contribution < 1.29 is 14.3 Å². The van der Waals surface area contributed by atoms with Crippen LogP contribution in [0.4, 0.5) is 0 Å². The molecule has 0 saturated carbocycles. The number of aryl methyl sites for hydroxylation is 1. The van der Waals surface area contributed by atoms with Crippen molar-refractivity contribution in [3.63, 3.8) is 0 Å². The SMILES string of the molecule is CCCc1nc2nc3c(cn2n1)C(=O)C[C@@H](c1ccc(OC)c(OC)c1)C3. The molecule has 1 aromatic carbocycles. The van der Waals surface area contributed by atoms with Gasteiger partial charge in [-0.3, -0.25) is 4.79 Å². The number of Topliss-reactive ketones (excluding diaryl/α,β-unsaturated/α-hetero) is 1. The van der Waals surface area contributed by atoms with E-state index >= 15 is 0 Å². The quantitative estimate of drug-likeness (QED) is 0.691. The summed E-state index contributed by atoms with van der Waals surface area (Å²) in [4.78, 5) is 21.9. The topological polar surface area (TPSA) is 78.6 Å². The van der Waals surface area contributed by atoms with Crippen LogP contribution in [-0.2, 0) is 12.8 Å². The van der Waals surface area contributed by atoms with Gasteiger partial charge in [0.05, 0.1) is 25.5 Å². The second kappa shape index (κ2) is 6.98. The van der Waals surface area contributed by atoms with Gasteiger partial charge in [-0.25, -0.2) is 9.50 Å². The van der Waals surface area contributed by atoms with Crippen molar-refractivity contribution in [2.45, 2.75) is 38.5 Å². The highest BCUT2D eigenvalue weighted by atomic mass is 16.5. The molecule has 1 aliphatic rings. The lowest BCUT2D eigenvalue weighted by Gasteiger charge is -2.23. The molecule has 4 rings (SSSR count). The number of carbonyl (C=O) groups excluding carboxylic acids is 1. The highest BCUT2D eigenvalue weighted by Crippen LogP contribution is 2.36. The Hall–Kier alpha value is -2.96. The fourth-order valence-corrected chi connectivity index (χ4v) is 3.60. The molecular weight excluding hydrogens is 344 g/mol. The molecule has 2 heterocycles. The smallest absolute Gasteiger partial charge is 0.252 e. The number of ketones is 1. The average Bonchev–Trinajstić information content (AvgIpc) is 3.07. The maximum atomic E-state index is 12.8. The molecule has 7 heteroatoms. The largest absolute Gasteiger partial charge is 0.493 e. The van der Waals surface area contributed by atoms with Crippen molar-refractivity contribution in [1.82, 2.24) is 19.6 Å². The van der Waals surface area contributed by atoms with Crippen molar-refractivity contribution in [3.8, 4) is 11.5 Å². The maximum absolute atomic E-state index is 12.8. The summed E-state index contributed by atoms with van der Waals surface area (Å²) < 4.78 is 12.3. The number of ether oxygens (including phenoxy) is 2. The molecule has 0 unspecified atom stereocenters. The maximum Gasteiger partial charge on any atom is 0.252 e. The normalized spacial score (nSPS) is 16.4. The summed E-state index contributed by atoms with van der Waals surface area (Å²) in [5.41, 5.74) is 2.47. The van der Waals surface area contributed by atoms with Gasteiger partial charge in [0.15, 0.2) is 23.1 Å². The van der Waals surface area contributed by atoms with Gasteiger partial charge >= 0.3 is 0 Å². The Balaban J connectivity index is 1.69. The first-order valence-electron chi connectivity index (χ1n) is 9.13. The van der Waals surface area contributed by atoms with Gasteiger partial charge in [-0.05, 0) is 36.5 Å². The van der Waals surface area contributed by atoms with Crippen molar-refractivity contribution in [1.29, 1.82) is 0 Å². The van der Waals surface area contributed by atoms with E-state index in [1.807, 2.05) is 18.2 Å². The third kappa shape index (κ3) is 3.13. The van der Waals surface area contributed by atoms with E-state index in [0.29, 0.717) is 35.7 Å². The van der Waals surface area contributed by atoms with Crippen LogP contribution < -0.4 is 9.47 Å². The lowest BCUT2D eigenvalue weighted by molar-refractivity contribution is 0.0962. The summed E-state index contributed by atoms with van der Waals surface area (Å²) in [6.45, 7) is 2.08. The number of fused-ring (bicyclic) bond motifs is 2. The number of carbonyl (C=O) groups is 1. The van der Waals surface area contributed by atoms with E-state index in [1.165, 1.54) is 0 Å². The predicted molar refractivity (Wildman–Crippen MR) is 99.7 cm³/mol. The zero-order valence-corrected chi connectivity index (χ0v) is 15.7. The Labute approximate surface area is 157 Å². The summed E-state index contributed by atoms with van der Waals surface area (Å²) in [5, 5.41) is 4.42. The van der Waals surface area contributed by atoms with Crippen LogP contribution in [0.25, 0.3) is 5.78 Å². The molecule has 0 fully saturated rings. The van der Waals surface area contributed by atoms with Gasteiger partial charge in [-0.2, -0.15) is 4.98 Å². The van der Waals surface area contributed by atoms with Crippen LogP contribution in [0.2, 0.25) is 0 Å². The molecular formula is C20H22N4O3. The summed E-state index contributed by atoms with van der Waals surface area (Å²) in [7, 11) is 3.22. The Morgan fingerprint density at radius 1 is 1.15 bits per heavy atom. The number of rotatable bonds is 5. The number of methoxy groups -OCH3 is 2. The Bertz CT molecular complexity index is 1010. The van der Waals surface area contributed by atoms with Crippen LogP contribution in [0.15, 0.2) is 24.4 Å². The van der Waals surface area contributed by atoms with Gasteiger partial charge in [0, 0.05) is 19.0 Å². The van der Waals surface area contributed by atoms with E-state index in [0.717, 1.165) is 29.9 Å². The number of hydrogen-bond donors (Lipinski definition) is 0. The Morgan fingerprint density at radius 3 is 2.70 bits per heavy atom. The molecule has 27 heavy (non-hydrogen) atoms. The highest BCUT2D eigenvalue weighted by Gasteiger charge is 2.29. The molecule has 3 aromatic rings. The molecule has 0 radical (unpaired) electrons. The number of hydrogen-bond acceptors (Lipinski definition) is 6. The summed E-state index contributed by atoms with van der Waals surface area (Å²) in [5.74, 6) is 2.79. The molecule has 0 bridgehead atoms.